The van der Waals surface area contributed by atoms with Crippen molar-refractivity contribution in [3.8, 4) is 5.75 Å². The number of hydrogen-bond acceptors (Lipinski definition) is 4. The first-order chi connectivity index (χ1) is 11.1. The molecular formula is C18H27NO4. The highest BCUT2D eigenvalue weighted by Crippen LogP contribution is 2.26. The van der Waals surface area contributed by atoms with Crippen LogP contribution in [0.3, 0.4) is 0 Å². The van der Waals surface area contributed by atoms with E-state index in [9.17, 15) is 4.79 Å². The van der Waals surface area contributed by atoms with E-state index in [0.717, 1.165) is 30.6 Å². The minimum Gasteiger partial charge on any atom is -0.494 e. The van der Waals surface area contributed by atoms with Gasteiger partial charge in [-0.2, -0.15) is 0 Å². The Morgan fingerprint density at radius 3 is 2.26 bits per heavy atom. The Labute approximate surface area is 138 Å². The lowest BCUT2D eigenvalue weighted by Crippen LogP contribution is -2.48. The SMILES string of the molecule is CCOc1ccc(CCC(=O)N2CCC(OC)(OC)CC2)cc1. The van der Waals surface area contributed by atoms with Crippen LogP contribution in [0.2, 0.25) is 0 Å². The van der Waals surface area contributed by atoms with Gasteiger partial charge in [0.1, 0.15) is 5.75 Å². The van der Waals surface area contributed by atoms with Crippen LogP contribution in [0.5, 0.6) is 5.75 Å². The first kappa shape index (κ1) is 17.8. The van der Waals surface area contributed by atoms with E-state index < -0.39 is 5.79 Å². The molecule has 1 aliphatic heterocycles. The van der Waals surface area contributed by atoms with Crippen LogP contribution in [-0.2, 0) is 20.7 Å². The second-order valence-corrected chi connectivity index (χ2v) is 5.78. The first-order valence-corrected chi connectivity index (χ1v) is 8.22. The number of benzene rings is 1. The van der Waals surface area contributed by atoms with E-state index in [4.69, 9.17) is 14.2 Å². The molecule has 5 nitrogen and oxygen atoms in total. The van der Waals surface area contributed by atoms with E-state index in [-0.39, 0.29) is 5.91 Å². The van der Waals surface area contributed by atoms with Gasteiger partial charge in [-0.1, -0.05) is 12.1 Å². The van der Waals surface area contributed by atoms with Crippen LogP contribution >= 0.6 is 0 Å². The lowest BCUT2D eigenvalue weighted by Gasteiger charge is -2.39. The van der Waals surface area contributed by atoms with E-state index in [1.54, 1.807) is 14.2 Å². The van der Waals surface area contributed by atoms with Gasteiger partial charge >= 0.3 is 0 Å². The molecule has 0 atom stereocenters. The molecule has 1 aromatic carbocycles. The quantitative estimate of drug-likeness (QED) is 0.724. The molecular weight excluding hydrogens is 294 g/mol. The van der Waals surface area contributed by atoms with E-state index in [1.807, 2.05) is 36.1 Å². The summed E-state index contributed by atoms with van der Waals surface area (Å²) in [5.41, 5.74) is 1.15. The third kappa shape index (κ3) is 4.69. The highest BCUT2D eigenvalue weighted by atomic mass is 16.7. The predicted molar refractivity (Wildman–Crippen MR) is 88.5 cm³/mol. The minimum atomic E-state index is -0.522. The lowest BCUT2D eigenvalue weighted by molar-refractivity contribution is -0.228. The van der Waals surface area contributed by atoms with Crippen LogP contribution in [0.4, 0.5) is 0 Å². The van der Waals surface area contributed by atoms with Gasteiger partial charge in [0, 0.05) is 46.6 Å². The number of amides is 1. The van der Waals surface area contributed by atoms with Crippen molar-refractivity contribution in [2.45, 2.75) is 38.4 Å². The van der Waals surface area contributed by atoms with Crippen LogP contribution in [0.25, 0.3) is 0 Å². The molecule has 0 aromatic heterocycles. The van der Waals surface area contributed by atoms with Crippen molar-refractivity contribution in [2.75, 3.05) is 33.9 Å². The molecule has 23 heavy (non-hydrogen) atoms. The number of aryl methyl sites for hydroxylation is 1. The van der Waals surface area contributed by atoms with Crippen LogP contribution < -0.4 is 4.74 Å². The molecule has 0 saturated carbocycles. The van der Waals surface area contributed by atoms with E-state index >= 15 is 0 Å². The molecule has 0 radical (unpaired) electrons. The largest absolute Gasteiger partial charge is 0.494 e. The molecule has 0 spiro atoms. The fourth-order valence-corrected chi connectivity index (χ4v) is 2.92. The van der Waals surface area contributed by atoms with Crippen molar-refractivity contribution in [1.29, 1.82) is 0 Å². The summed E-state index contributed by atoms with van der Waals surface area (Å²) in [6.07, 6.45) is 2.71. The molecule has 0 unspecified atom stereocenters. The number of likely N-dealkylation sites (tertiary alicyclic amines) is 1. The summed E-state index contributed by atoms with van der Waals surface area (Å²) in [6.45, 7) is 4.00. The molecule has 1 heterocycles. The molecule has 1 aromatic rings. The van der Waals surface area contributed by atoms with E-state index in [1.165, 1.54) is 0 Å². The monoisotopic (exact) mass is 321 g/mol. The van der Waals surface area contributed by atoms with Crippen LogP contribution in [0, 0.1) is 0 Å². The third-order valence-electron chi connectivity index (χ3n) is 4.48. The molecule has 1 saturated heterocycles. The van der Waals surface area contributed by atoms with E-state index in [0.29, 0.717) is 26.1 Å². The van der Waals surface area contributed by atoms with Gasteiger partial charge in [-0.15, -0.1) is 0 Å². The maximum absolute atomic E-state index is 12.3. The van der Waals surface area contributed by atoms with E-state index in [2.05, 4.69) is 0 Å². The summed E-state index contributed by atoms with van der Waals surface area (Å²) in [4.78, 5) is 14.3. The first-order valence-electron chi connectivity index (χ1n) is 8.22. The Bertz CT molecular complexity index is 486. The summed E-state index contributed by atoms with van der Waals surface area (Å²) in [5.74, 6) is 0.542. The van der Waals surface area contributed by atoms with Gasteiger partial charge in [-0.05, 0) is 31.0 Å². The number of ether oxygens (including phenoxy) is 3. The molecule has 0 N–H and O–H groups in total. The summed E-state index contributed by atoms with van der Waals surface area (Å²) >= 11 is 0. The zero-order valence-corrected chi connectivity index (χ0v) is 14.3. The van der Waals surface area contributed by atoms with Crippen LogP contribution in [0.15, 0.2) is 24.3 Å². The number of carbonyl (C=O) groups is 1. The smallest absolute Gasteiger partial charge is 0.222 e. The molecule has 1 fully saturated rings. The Balaban J connectivity index is 1.79. The van der Waals surface area contributed by atoms with Gasteiger partial charge < -0.3 is 19.1 Å². The minimum absolute atomic E-state index is 0.194. The second kappa shape index (κ2) is 8.31. The Morgan fingerprint density at radius 1 is 1.13 bits per heavy atom. The van der Waals surface area contributed by atoms with Gasteiger partial charge in [0.2, 0.25) is 5.91 Å². The summed E-state index contributed by atoms with van der Waals surface area (Å²) in [7, 11) is 3.32. The van der Waals surface area contributed by atoms with Crippen molar-refractivity contribution in [2.24, 2.45) is 0 Å². The molecule has 2 rings (SSSR count). The topological polar surface area (TPSA) is 48.0 Å². The van der Waals surface area contributed by atoms with Crippen LogP contribution in [-0.4, -0.2) is 50.5 Å². The molecule has 0 bridgehead atoms. The Kier molecular flexibility index (Phi) is 6.42. The highest BCUT2D eigenvalue weighted by molar-refractivity contribution is 5.76. The number of carbonyl (C=O) groups excluding carboxylic acids is 1. The van der Waals surface area contributed by atoms with Crippen molar-refractivity contribution in [3.05, 3.63) is 29.8 Å². The number of methoxy groups -OCH3 is 2. The molecule has 128 valence electrons. The number of hydrogen-bond donors (Lipinski definition) is 0. The number of nitrogens with zero attached hydrogens (tertiary/aromatic N) is 1. The number of piperidine rings is 1. The third-order valence-corrected chi connectivity index (χ3v) is 4.48. The van der Waals surface area contributed by atoms with Crippen molar-refractivity contribution in [1.82, 2.24) is 4.90 Å². The molecule has 0 aliphatic carbocycles. The zero-order chi connectivity index (χ0) is 16.7. The summed E-state index contributed by atoms with van der Waals surface area (Å²) in [5, 5.41) is 0. The van der Waals surface area contributed by atoms with Gasteiger partial charge in [-0.3, -0.25) is 4.79 Å². The molecule has 1 aliphatic rings. The summed E-state index contributed by atoms with van der Waals surface area (Å²) < 4.78 is 16.3. The molecule has 1 amide bonds. The predicted octanol–water partition coefficient (Wildman–Crippen LogP) is 2.63. The fraction of sp³-hybridized carbons (Fsp3) is 0.611. The zero-order valence-electron chi connectivity index (χ0n) is 14.3. The fourth-order valence-electron chi connectivity index (χ4n) is 2.92. The number of rotatable bonds is 7. The van der Waals surface area contributed by atoms with Crippen molar-refractivity contribution >= 4 is 5.91 Å². The normalized spacial score (nSPS) is 17.1. The Hall–Kier alpha value is -1.59. The maximum atomic E-state index is 12.3. The van der Waals surface area contributed by atoms with Gasteiger partial charge in [0.05, 0.1) is 6.61 Å². The average Bonchev–Trinajstić information content (AvgIpc) is 2.61. The average molecular weight is 321 g/mol. The van der Waals surface area contributed by atoms with Gasteiger partial charge in [0.15, 0.2) is 5.79 Å². The highest BCUT2D eigenvalue weighted by Gasteiger charge is 2.35. The standard InChI is InChI=1S/C18H27NO4/c1-4-23-16-8-5-15(6-9-16)7-10-17(20)19-13-11-18(21-2,22-3)12-14-19/h5-6,8-9H,4,7,10-14H2,1-3H3. The maximum Gasteiger partial charge on any atom is 0.222 e. The van der Waals surface area contributed by atoms with Crippen molar-refractivity contribution < 1.29 is 19.0 Å². The second-order valence-electron chi connectivity index (χ2n) is 5.78. The Morgan fingerprint density at radius 2 is 1.74 bits per heavy atom. The van der Waals surface area contributed by atoms with Gasteiger partial charge in [-0.25, -0.2) is 0 Å². The van der Waals surface area contributed by atoms with Crippen LogP contribution in [0.1, 0.15) is 31.7 Å². The van der Waals surface area contributed by atoms with Gasteiger partial charge in [0.25, 0.3) is 0 Å². The molecule has 5 heteroatoms. The van der Waals surface area contributed by atoms with Crippen molar-refractivity contribution in [3.63, 3.8) is 0 Å². The summed E-state index contributed by atoms with van der Waals surface area (Å²) in [6, 6.07) is 7.95. The lowest BCUT2D eigenvalue weighted by atomic mass is 10.0.